The van der Waals surface area contributed by atoms with Crippen LogP contribution in [0.5, 0.6) is 0 Å². The van der Waals surface area contributed by atoms with Crippen molar-refractivity contribution in [1.82, 2.24) is 0 Å². The standard InChI is InChI=1S/C9H5FN2O2/c10-7-3-1-6(2-4-7)9(14)8(5-13)12-11/h1-5H. The molecule has 5 heteroatoms. The fourth-order valence-electron chi connectivity index (χ4n) is 0.872. The molecule has 0 unspecified atom stereocenters. The van der Waals surface area contributed by atoms with Crippen molar-refractivity contribution in [3.8, 4) is 0 Å². The molecule has 1 aromatic carbocycles. The molecule has 0 fully saturated rings. The molecule has 0 saturated heterocycles. The van der Waals surface area contributed by atoms with Crippen molar-refractivity contribution >= 4 is 17.8 Å². The summed E-state index contributed by atoms with van der Waals surface area (Å²) >= 11 is 0. The highest BCUT2D eigenvalue weighted by Crippen LogP contribution is 2.03. The maximum Gasteiger partial charge on any atom is 0.401 e. The van der Waals surface area contributed by atoms with E-state index < -0.39 is 17.3 Å². The van der Waals surface area contributed by atoms with Crippen molar-refractivity contribution in [2.45, 2.75) is 0 Å². The van der Waals surface area contributed by atoms with Crippen LogP contribution in [0, 0.1) is 5.82 Å². The number of aldehydes is 1. The van der Waals surface area contributed by atoms with Crippen LogP contribution in [0.1, 0.15) is 10.4 Å². The topological polar surface area (TPSA) is 70.5 Å². The largest absolute Gasteiger partial charge is 0.401 e. The van der Waals surface area contributed by atoms with Crippen LogP contribution in [0.3, 0.4) is 0 Å². The first-order chi connectivity index (χ1) is 6.69. The van der Waals surface area contributed by atoms with Gasteiger partial charge in [0, 0.05) is 5.56 Å². The van der Waals surface area contributed by atoms with E-state index >= 15 is 0 Å². The number of hydrogen-bond donors (Lipinski definition) is 0. The molecule has 0 aliphatic rings. The molecule has 0 heterocycles. The van der Waals surface area contributed by atoms with Gasteiger partial charge in [-0.1, -0.05) is 0 Å². The lowest BCUT2D eigenvalue weighted by Gasteiger charge is -1.92. The Labute approximate surface area is 78.6 Å². The van der Waals surface area contributed by atoms with E-state index in [4.69, 9.17) is 5.53 Å². The summed E-state index contributed by atoms with van der Waals surface area (Å²) in [5, 5.41) is 0. The minimum Gasteiger partial charge on any atom is -0.360 e. The lowest BCUT2D eigenvalue weighted by atomic mass is 10.1. The minimum atomic E-state index is -0.748. The average molecular weight is 192 g/mol. The normalized spacial score (nSPS) is 8.93. The summed E-state index contributed by atoms with van der Waals surface area (Å²) in [4.78, 5) is 24.0. The first-order valence-corrected chi connectivity index (χ1v) is 3.66. The fourth-order valence-corrected chi connectivity index (χ4v) is 0.872. The second kappa shape index (κ2) is 4.20. The number of Topliss-reactive ketones (excluding diaryl/α,β-unsaturated/α-hetero) is 1. The maximum absolute atomic E-state index is 12.5. The van der Waals surface area contributed by atoms with Crippen LogP contribution < -0.4 is 0 Å². The molecule has 1 aromatic rings. The second-order valence-electron chi connectivity index (χ2n) is 2.44. The first kappa shape index (κ1) is 9.95. The molecule has 0 aromatic heterocycles. The molecule has 0 saturated carbocycles. The zero-order valence-corrected chi connectivity index (χ0v) is 6.98. The van der Waals surface area contributed by atoms with E-state index in [9.17, 15) is 14.0 Å². The molecule has 0 radical (unpaired) electrons. The Balaban J connectivity index is 3.07. The summed E-state index contributed by atoms with van der Waals surface area (Å²) in [5.41, 5.74) is 7.75. The fraction of sp³-hybridized carbons (Fsp3) is 0. The summed E-state index contributed by atoms with van der Waals surface area (Å²) in [5.74, 6) is -1.24. The van der Waals surface area contributed by atoms with Gasteiger partial charge in [-0.3, -0.25) is 9.59 Å². The Morgan fingerprint density at radius 2 is 1.93 bits per heavy atom. The lowest BCUT2D eigenvalue weighted by Crippen LogP contribution is -2.16. The number of hydrogen-bond acceptors (Lipinski definition) is 2. The van der Waals surface area contributed by atoms with E-state index in [-0.39, 0.29) is 11.8 Å². The molecule has 0 spiro atoms. The number of carbonyl (C=O) groups is 2. The Kier molecular flexibility index (Phi) is 2.99. The van der Waals surface area contributed by atoms with Crippen LogP contribution in [0.2, 0.25) is 0 Å². The van der Waals surface area contributed by atoms with Crippen LogP contribution in [-0.4, -0.2) is 22.6 Å². The highest BCUT2D eigenvalue weighted by molar-refractivity contribution is 6.61. The van der Waals surface area contributed by atoms with E-state index in [0.717, 1.165) is 12.1 Å². The van der Waals surface area contributed by atoms with E-state index in [1.165, 1.54) is 12.1 Å². The molecule has 0 amide bonds. The third kappa shape index (κ3) is 1.97. The first-order valence-electron chi connectivity index (χ1n) is 3.66. The van der Waals surface area contributed by atoms with Crippen LogP contribution in [0.4, 0.5) is 4.39 Å². The van der Waals surface area contributed by atoms with E-state index in [1.807, 2.05) is 0 Å². The Hall–Kier alpha value is -2.13. The van der Waals surface area contributed by atoms with Gasteiger partial charge in [0.15, 0.2) is 0 Å². The zero-order chi connectivity index (χ0) is 10.6. The van der Waals surface area contributed by atoms with Gasteiger partial charge < -0.3 is 5.53 Å². The van der Waals surface area contributed by atoms with Crippen LogP contribution in [0.15, 0.2) is 24.3 Å². The van der Waals surface area contributed by atoms with Gasteiger partial charge in [0.1, 0.15) is 5.82 Å². The number of carbonyl (C=O) groups excluding carboxylic acids is 2. The Morgan fingerprint density at radius 3 is 2.36 bits per heavy atom. The van der Waals surface area contributed by atoms with E-state index in [0.29, 0.717) is 0 Å². The van der Waals surface area contributed by atoms with Gasteiger partial charge in [0.25, 0.3) is 5.78 Å². The van der Waals surface area contributed by atoms with Crippen molar-refractivity contribution in [2.75, 3.05) is 0 Å². The predicted molar refractivity (Wildman–Crippen MR) is 45.4 cm³/mol. The third-order valence-electron chi connectivity index (χ3n) is 1.56. The SMILES string of the molecule is [N-]=[N+]=C(C=O)C(=O)c1ccc(F)cc1. The van der Waals surface area contributed by atoms with Crippen molar-refractivity contribution in [2.24, 2.45) is 0 Å². The summed E-state index contributed by atoms with van der Waals surface area (Å²) < 4.78 is 12.5. The molecule has 0 aliphatic heterocycles. The maximum atomic E-state index is 12.5. The molecule has 0 N–H and O–H groups in total. The molecule has 0 atom stereocenters. The van der Waals surface area contributed by atoms with Gasteiger partial charge in [0.05, 0.1) is 0 Å². The van der Waals surface area contributed by atoms with Crippen molar-refractivity contribution in [3.63, 3.8) is 0 Å². The van der Waals surface area contributed by atoms with Crippen LogP contribution in [0.25, 0.3) is 5.53 Å². The molecule has 1 rings (SSSR count). The number of nitrogens with zero attached hydrogens (tertiary/aromatic N) is 2. The molecule has 0 aliphatic carbocycles. The highest BCUT2D eigenvalue weighted by atomic mass is 19.1. The lowest BCUT2D eigenvalue weighted by molar-refractivity contribution is -0.106. The number of rotatable bonds is 3. The Morgan fingerprint density at radius 1 is 1.36 bits per heavy atom. The van der Waals surface area contributed by atoms with Crippen LogP contribution >= 0.6 is 0 Å². The van der Waals surface area contributed by atoms with Gasteiger partial charge in [-0.05, 0) is 24.3 Å². The molecular formula is C9H5FN2O2. The number of benzene rings is 1. The van der Waals surface area contributed by atoms with E-state index in [2.05, 4.69) is 4.79 Å². The summed E-state index contributed by atoms with van der Waals surface area (Å²) in [7, 11) is 0. The van der Waals surface area contributed by atoms with Crippen molar-refractivity contribution in [3.05, 3.63) is 41.2 Å². The minimum absolute atomic E-state index is 0.0892. The summed E-state index contributed by atoms with van der Waals surface area (Å²) in [6.07, 6.45) is 0.131. The molecular weight excluding hydrogens is 187 g/mol. The summed E-state index contributed by atoms with van der Waals surface area (Å²) in [6, 6.07) is 4.55. The molecule has 0 bridgehead atoms. The molecule has 4 nitrogen and oxygen atoms in total. The quantitative estimate of drug-likeness (QED) is 0.178. The van der Waals surface area contributed by atoms with Gasteiger partial charge >= 0.3 is 5.71 Å². The Bertz CT molecular complexity index is 419. The zero-order valence-electron chi connectivity index (χ0n) is 6.98. The third-order valence-corrected chi connectivity index (χ3v) is 1.56. The predicted octanol–water partition coefficient (Wildman–Crippen LogP) is 0.878. The van der Waals surface area contributed by atoms with Crippen molar-refractivity contribution < 1.29 is 18.8 Å². The van der Waals surface area contributed by atoms with Gasteiger partial charge in [-0.15, -0.1) is 0 Å². The van der Waals surface area contributed by atoms with Gasteiger partial charge in [0.2, 0.25) is 6.29 Å². The van der Waals surface area contributed by atoms with Crippen molar-refractivity contribution in [1.29, 1.82) is 0 Å². The van der Waals surface area contributed by atoms with Gasteiger partial charge in [-0.25, -0.2) is 4.39 Å². The van der Waals surface area contributed by atoms with Gasteiger partial charge in [-0.2, -0.15) is 4.79 Å². The van der Waals surface area contributed by atoms with E-state index in [1.54, 1.807) is 0 Å². The monoisotopic (exact) mass is 192 g/mol. The van der Waals surface area contributed by atoms with Crippen LogP contribution in [-0.2, 0) is 4.79 Å². The highest BCUT2D eigenvalue weighted by Gasteiger charge is 2.20. The molecule has 14 heavy (non-hydrogen) atoms. The molecule has 70 valence electrons. The average Bonchev–Trinajstić information content (AvgIpc) is 2.20. The number of halogens is 1. The number of ketones is 1. The summed E-state index contributed by atoms with van der Waals surface area (Å²) in [6.45, 7) is 0. The second-order valence-corrected chi connectivity index (χ2v) is 2.44. The smallest absolute Gasteiger partial charge is 0.360 e.